The van der Waals surface area contributed by atoms with E-state index in [1.807, 2.05) is 31.2 Å². The van der Waals surface area contributed by atoms with Crippen molar-refractivity contribution in [2.45, 2.75) is 39.2 Å². The van der Waals surface area contributed by atoms with Crippen molar-refractivity contribution in [1.29, 1.82) is 0 Å². The molecule has 0 aliphatic rings. The number of amides is 2. The summed E-state index contributed by atoms with van der Waals surface area (Å²) in [4.78, 5) is 36.1. The average Bonchev–Trinajstić information content (AvgIpc) is 3.22. The van der Waals surface area contributed by atoms with Crippen LogP contribution < -0.4 is 20.1 Å². The molecular formula is C27H33N3O6. The van der Waals surface area contributed by atoms with Gasteiger partial charge >= 0.3 is 5.97 Å². The number of carbonyl (C=O) groups excluding carboxylic acids is 2. The van der Waals surface area contributed by atoms with Crippen LogP contribution in [0.1, 0.15) is 40.9 Å². The summed E-state index contributed by atoms with van der Waals surface area (Å²) in [5.41, 5.74) is 2.97. The van der Waals surface area contributed by atoms with E-state index < -0.39 is 11.9 Å². The second kappa shape index (κ2) is 12.6. The minimum absolute atomic E-state index is 0.187. The second-order valence-electron chi connectivity index (χ2n) is 8.55. The first-order chi connectivity index (χ1) is 17.3. The molecule has 3 N–H and O–H groups in total. The Morgan fingerprint density at radius 3 is 2.42 bits per heavy atom. The zero-order valence-electron chi connectivity index (χ0n) is 20.9. The first-order valence-electron chi connectivity index (χ1n) is 11.9. The number of para-hydroxylation sites is 1. The Labute approximate surface area is 210 Å². The number of hydrogen-bond donors (Lipinski definition) is 3. The van der Waals surface area contributed by atoms with E-state index >= 15 is 0 Å². The number of fused-ring (bicyclic) bond motifs is 1. The number of rotatable bonds is 13. The Morgan fingerprint density at radius 1 is 0.944 bits per heavy atom. The number of aromatic nitrogens is 1. The van der Waals surface area contributed by atoms with Crippen molar-refractivity contribution in [2.24, 2.45) is 0 Å². The molecule has 0 bridgehead atoms. The number of aliphatic carboxylic acids is 1. The number of carbonyl (C=O) groups is 3. The van der Waals surface area contributed by atoms with Crippen LogP contribution in [-0.2, 0) is 22.6 Å². The number of ether oxygens (including phenoxy) is 2. The molecule has 0 aliphatic heterocycles. The molecule has 0 aliphatic carbocycles. The largest absolute Gasteiger partial charge is 0.496 e. The normalized spacial score (nSPS) is 10.8. The number of methoxy groups -OCH3 is 2. The maximum atomic E-state index is 12.7. The average molecular weight is 496 g/mol. The smallest absolute Gasteiger partial charge is 0.323 e. The summed E-state index contributed by atoms with van der Waals surface area (Å²) < 4.78 is 12.3. The van der Waals surface area contributed by atoms with Crippen molar-refractivity contribution in [3.05, 3.63) is 59.3 Å². The van der Waals surface area contributed by atoms with Gasteiger partial charge in [0.05, 0.1) is 20.8 Å². The van der Waals surface area contributed by atoms with Gasteiger partial charge in [0.15, 0.2) is 0 Å². The van der Waals surface area contributed by atoms with Gasteiger partial charge in [-0.2, -0.15) is 0 Å². The van der Waals surface area contributed by atoms with E-state index in [9.17, 15) is 19.5 Å². The van der Waals surface area contributed by atoms with E-state index in [4.69, 9.17) is 9.47 Å². The fourth-order valence-electron chi connectivity index (χ4n) is 4.17. The molecule has 0 unspecified atom stereocenters. The zero-order valence-corrected chi connectivity index (χ0v) is 20.9. The fraction of sp³-hybridized carbons (Fsp3) is 0.370. The molecule has 2 amide bonds. The van der Waals surface area contributed by atoms with E-state index in [2.05, 4.69) is 10.6 Å². The van der Waals surface area contributed by atoms with Crippen molar-refractivity contribution in [1.82, 2.24) is 15.2 Å². The van der Waals surface area contributed by atoms with E-state index in [0.717, 1.165) is 53.7 Å². The van der Waals surface area contributed by atoms with Gasteiger partial charge in [-0.15, -0.1) is 0 Å². The first kappa shape index (κ1) is 26.6. The lowest BCUT2D eigenvalue weighted by molar-refractivity contribution is -0.137. The lowest BCUT2D eigenvalue weighted by Crippen LogP contribution is -2.38. The predicted octanol–water partition coefficient (Wildman–Crippen LogP) is 3.31. The van der Waals surface area contributed by atoms with Gasteiger partial charge in [0.2, 0.25) is 5.91 Å². The topological polar surface area (TPSA) is 119 Å². The lowest BCUT2D eigenvalue weighted by Gasteiger charge is -2.13. The summed E-state index contributed by atoms with van der Waals surface area (Å²) in [6.45, 7) is 1.95. The molecule has 192 valence electrons. The number of aryl methyl sites for hydroxylation is 2. The summed E-state index contributed by atoms with van der Waals surface area (Å²) >= 11 is 0. The van der Waals surface area contributed by atoms with Gasteiger partial charge in [-0.05, 0) is 61.6 Å². The summed E-state index contributed by atoms with van der Waals surface area (Å²) in [5.74, 6) is -0.162. The molecule has 0 spiro atoms. The molecule has 1 aromatic heterocycles. The van der Waals surface area contributed by atoms with Crippen LogP contribution in [0.25, 0.3) is 10.9 Å². The van der Waals surface area contributed by atoms with Crippen LogP contribution in [0.5, 0.6) is 11.5 Å². The Bertz CT molecular complexity index is 1230. The molecule has 1 heterocycles. The standard InChI is InChI=1S/C27H33N3O6/c1-18-13-24(36-3)20(15-23(18)35-2)10-5-4-8-12-28-25(31)16-29-27(34)22-14-19-9-6-7-11-21(19)30(22)17-26(32)33/h6-7,9,11,13-15H,4-5,8,10,12,16-17H2,1-3H3,(H,28,31)(H,29,34)(H,32,33). The number of unbranched alkanes of at least 4 members (excludes halogenated alkanes) is 2. The van der Waals surface area contributed by atoms with Crippen LogP contribution >= 0.6 is 0 Å². The number of nitrogens with one attached hydrogen (secondary N) is 2. The van der Waals surface area contributed by atoms with Gasteiger partial charge < -0.3 is 29.8 Å². The van der Waals surface area contributed by atoms with Gasteiger partial charge in [-0.25, -0.2) is 0 Å². The molecule has 0 saturated carbocycles. The third-order valence-electron chi connectivity index (χ3n) is 5.99. The summed E-state index contributed by atoms with van der Waals surface area (Å²) in [6, 6.07) is 12.8. The first-order valence-corrected chi connectivity index (χ1v) is 11.9. The molecule has 0 fully saturated rings. The Kier molecular flexibility index (Phi) is 9.32. The second-order valence-corrected chi connectivity index (χ2v) is 8.55. The number of benzene rings is 2. The van der Waals surface area contributed by atoms with Crippen molar-refractivity contribution in [3.8, 4) is 11.5 Å². The van der Waals surface area contributed by atoms with Gasteiger partial charge in [0.1, 0.15) is 23.7 Å². The zero-order chi connectivity index (χ0) is 26.1. The van der Waals surface area contributed by atoms with Crippen LogP contribution in [0.4, 0.5) is 0 Å². The van der Waals surface area contributed by atoms with Crippen LogP contribution in [-0.4, -0.2) is 54.8 Å². The highest BCUT2D eigenvalue weighted by Crippen LogP contribution is 2.29. The molecule has 3 rings (SSSR count). The molecule has 9 nitrogen and oxygen atoms in total. The van der Waals surface area contributed by atoms with Crippen LogP contribution in [0, 0.1) is 6.92 Å². The predicted molar refractivity (Wildman–Crippen MR) is 137 cm³/mol. The maximum Gasteiger partial charge on any atom is 0.323 e. The molecule has 3 aromatic rings. The monoisotopic (exact) mass is 495 g/mol. The Hall–Kier alpha value is -4.01. The van der Waals surface area contributed by atoms with Crippen LogP contribution in [0.15, 0.2) is 42.5 Å². The fourth-order valence-corrected chi connectivity index (χ4v) is 4.17. The van der Waals surface area contributed by atoms with Crippen molar-refractivity contribution < 1.29 is 29.0 Å². The van der Waals surface area contributed by atoms with E-state index in [1.165, 1.54) is 4.57 Å². The van der Waals surface area contributed by atoms with Crippen LogP contribution in [0.2, 0.25) is 0 Å². The third-order valence-corrected chi connectivity index (χ3v) is 5.99. The number of carboxylic acid groups (broad SMARTS) is 1. The molecule has 9 heteroatoms. The van der Waals surface area contributed by atoms with Gasteiger partial charge in [-0.1, -0.05) is 24.6 Å². The summed E-state index contributed by atoms with van der Waals surface area (Å²) in [7, 11) is 3.31. The van der Waals surface area contributed by atoms with Crippen molar-refractivity contribution in [2.75, 3.05) is 27.3 Å². The van der Waals surface area contributed by atoms with Crippen LogP contribution in [0.3, 0.4) is 0 Å². The maximum absolute atomic E-state index is 12.7. The summed E-state index contributed by atoms with van der Waals surface area (Å²) in [6.07, 6.45) is 3.50. The molecule has 2 aromatic carbocycles. The van der Waals surface area contributed by atoms with E-state index in [0.29, 0.717) is 12.1 Å². The minimum Gasteiger partial charge on any atom is -0.496 e. The molecule has 36 heavy (non-hydrogen) atoms. The third kappa shape index (κ3) is 6.78. The highest BCUT2D eigenvalue weighted by atomic mass is 16.5. The summed E-state index contributed by atoms with van der Waals surface area (Å²) in [5, 5.41) is 15.4. The number of nitrogens with zero attached hydrogens (tertiary/aromatic N) is 1. The molecule has 0 saturated heterocycles. The van der Waals surface area contributed by atoms with E-state index in [1.54, 1.807) is 32.4 Å². The highest BCUT2D eigenvalue weighted by Gasteiger charge is 2.18. The molecule has 0 atom stereocenters. The van der Waals surface area contributed by atoms with Crippen molar-refractivity contribution >= 4 is 28.7 Å². The van der Waals surface area contributed by atoms with Gasteiger partial charge in [0.25, 0.3) is 5.91 Å². The SMILES string of the molecule is COc1cc(CCCCCNC(=O)CNC(=O)c2cc3ccccc3n2CC(=O)O)c(OC)cc1C. The number of hydrogen-bond acceptors (Lipinski definition) is 5. The molecular weight excluding hydrogens is 462 g/mol. The minimum atomic E-state index is -1.05. The van der Waals surface area contributed by atoms with Crippen molar-refractivity contribution in [3.63, 3.8) is 0 Å². The van der Waals surface area contributed by atoms with Gasteiger partial charge in [0, 0.05) is 17.4 Å². The molecule has 0 radical (unpaired) electrons. The number of carboxylic acids is 1. The Morgan fingerprint density at radius 2 is 1.69 bits per heavy atom. The quantitative estimate of drug-likeness (QED) is 0.313. The lowest BCUT2D eigenvalue weighted by atomic mass is 10.0. The van der Waals surface area contributed by atoms with E-state index in [-0.39, 0.29) is 24.7 Å². The highest BCUT2D eigenvalue weighted by molar-refractivity contribution is 6.00. The van der Waals surface area contributed by atoms with Gasteiger partial charge in [-0.3, -0.25) is 14.4 Å². The Balaban J connectivity index is 1.42.